The molecule has 18 heavy (non-hydrogen) atoms. The van der Waals surface area contributed by atoms with Crippen LogP contribution >= 0.6 is 11.3 Å². The molecule has 2 aromatic heterocycles. The van der Waals surface area contributed by atoms with E-state index in [0.29, 0.717) is 5.82 Å². The highest BCUT2D eigenvalue weighted by molar-refractivity contribution is 7.08. The molecule has 0 amide bonds. The molecular formula is C12H7FN2O2S. The molecule has 3 aromatic rings. The molecule has 4 nitrogen and oxygen atoms in total. The number of nitrogens with zero attached hydrogens (tertiary/aromatic N) is 2. The largest absolute Gasteiger partial charge is 0.507 e. The summed E-state index contributed by atoms with van der Waals surface area (Å²) in [6.07, 6.45) is 0. The molecule has 2 heterocycles. The van der Waals surface area contributed by atoms with Gasteiger partial charge < -0.3 is 9.63 Å². The number of phenolic OH excluding ortho intramolecular Hbond substituents is 1. The van der Waals surface area contributed by atoms with E-state index in [1.807, 2.05) is 16.8 Å². The third-order valence-electron chi connectivity index (χ3n) is 2.41. The number of halogens is 1. The average molecular weight is 262 g/mol. The highest BCUT2D eigenvalue weighted by Gasteiger charge is 2.18. The Morgan fingerprint density at radius 3 is 2.89 bits per heavy atom. The van der Waals surface area contributed by atoms with Gasteiger partial charge in [0.1, 0.15) is 17.1 Å². The van der Waals surface area contributed by atoms with Gasteiger partial charge in [-0.05, 0) is 23.6 Å². The summed E-state index contributed by atoms with van der Waals surface area (Å²) >= 11 is 1.50. The van der Waals surface area contributed by atoms with Crippen LogP contribution in [0.3, 0.4) is 0 Å². The van der Waals surface area contributed by atoms with Crippen LogP contribution in [0.2, 0.25) is 0 Å². The van der Waals surface area contributed by atoms with E-state index in [9.17, 15) is 9.50 Å². The van der Waals surface area contributed by atoms with E-state index >= 15 is 0 Å². The van der Waals surface area contributed by atoms with Crippen molar-refractivity contribution in [2.24, 2.45) is 0 Å². The number of hydrogen-bond acceptors (Lipinski definition) is 5. The number of aromatic nitrogens is 2. The Labute approximate surface area is 105 Å². The minimum atomic E-state index is -0.601. The van der Waals surface area contributed by atoms with Crippen LogP contribution in [0, 0.1) is 5.82 Å². The van der Waals surface area contributed by atoms with Gasteiger partial charge in [-0.3, -0.25) is 0 Å². The number of benzene rings is 1. The lowest BCUT2D eigenvalue weighted by molar-refractivity contribution is 0.421. The Kier molecular flexibility index (Phi) is 2.56. The fraction of sp³-hybridized carbons (Fsp3) is 0. The molecule has 0 radical (unpaired) electrons. The van der Waals surface area contributed by atoms with Crippen molar-refractivity contribution in [2.45, 2.75) is 0 Å². The van der Waals surface area contributed by atoms with Crippen molar-refractivity contribution >= 4 is 11.3 Å². The van der Waals surface area contributed by atoms with Gasteiger partial charge in [0.25, 0.3) is 5.89 Å². The molecule has 0 atom stereocenters. The minimum Gasteiger partial charge on any atom is -0.507 e. The van der Waals surface area contributed by atoms with Crippen molar-refractivity contribution in [3.05, 3.63) is 40.8 Å². The Morgan fingerprint density at radius 2 is 2.17 bits per heavy atom. The minimum absolute atomic E-state index is 0.0354. The van der Waals surface area contributed by atoms with Crippen molar-refractivity contribution in [3.63, 3.8) is 0 Å². The second-order valence-corrected chi connectivity index (χ2v) is 4.35. The standard InChI is InChI=1S/C12H7FN2O2S/c13-8-2-1-3-9(16)10(8)12-14-11(15-17-12)7-4-5-18-6-7/h1-6,16H. The van der Waals surface area contributed by atoms with Crippen LogP contribution in [0.25, 0.3) is 22.8 Å². The number of rotatable bonds is 2. The van der Waals surface area contributed by atoms with Crippen molar-refractivity contribution < 1.29 is 14.0 Å². The molecule has 0 aliphatic heterocycles. The fourth-order valence-electron chi connectivity index (χ4n) is 1.56. The third kappa shape index (κ3) is 1.76. The highest BCUT2D eigenvalue weighted by atomic mass is 32.1. The molecule has 3 rings (SSSR count). The third-order valence-corrected chi connectivity index (χ3v) is 3.09. The number of aromatic hydroxyl groups is 1. The molecule has 0 aliphatic rings. The maximum atomic E-state index is 13.6. The van der Waals surface area contributed by atoms with Crippen molar-refractivity contribution in [2.75, 3.05) is 0 Å². The molecule has 1 N–H and O–H groups in total. The quantitative estimate of drug-likeness (QED) is 0.769. The zero-order chi connectivity index (χ0) is 12.5. The molecule has 0 saturated heterocycles. The van der Waals surface area contributed by atoms with Gasteiger partial charge in [-0.1, -0.05) is 11.2 Å². The lowest BCUT2D eigenvalue weighted by Crippen LogP contribution is -1.85. The van der Waals surface area contributed by atoms with Gasteiger partial charge in [-0.2, -0.15) is 16.3 Å². The van der Waals surface area contributed by atoms with Crippen molar-refractivity contribution in [1.82, 2.24) is 10.1 Å². The van der Waals surface area contributed by atoms with Crippen LogP contribution in [0.15, 0.2) is 39.5 Å². The van der Waals surface area contributed by atoms with E-state index in [2.05, 4.69) is 10.1 Å². The first kappa shape index (κ1) is 10.9. The summed E-state index contributed by atoms with van der Waals surface area (Å²) in [5, 5.41) is 17.1. The molecule has 6 heteroatoms. The van der Waals surface area contributed by atoms with E-state index in [1.54, 1.807) is 0 Å². The number of hydrogen-bond donors (Lipinski definition) is 1. The van der Waals surface area contributed by atoms with Gasteiger partial charge in [-0.25, -0.2) is 4.39 Å². The maximum Gasteiger partial charge on any atom is 0.265 e. The highest BCUT2D eigenvalue weighted by Crippen LogP contribution is 2.31. The first-order valence-electron chi connectivity index (χ1n) is 5.10. The number of phenols is 1. The summed E-state index contributed by atoms with van der Waals surface area (Å²) in [6.45, 7) is 0. The summed E-state index contributed by atoms with van der Waals surface area (Å²) in [5.41, 5.74) is 0.720. The summed E-state index contributed by atoms with van der Waals surface area (Å²) < 4.78 is 18.6. The smallest absolute Gasteiger partial charge is 0.265 e. The summed E-state index contributed by atoms with van der Waals surface area (Å²) in [6, 6.07) is 5.83. The Morgan fingerprint density at radius 1 is 1.28 bits per heavy atom. The zero-order valence-corrected chi connectivity index (χ0v) is 9.82. The second-order valence-electron chi connectivity index (χ2n) is 3.57. The van der Waals surface area contributed by atoms with Gasteiger partial charge in [0.2, 0.25) is 5.82 Å². The molecule has 0 fully saturated rings. The van der Waals surface area contributed by atoms with Crippen molar-refractivity contribution in [3.8, 4) is 28.6 Å². The molecule has 90 valence electrons. The average Bonchev–Trinajstić information content (AvgIpc) is 2.99. The summed E-state index contributed by atoms with van der Waals surface area (Å²) in [7, 11) is 0. The van der Waals surface area contributed by atoms with Gasteiger partial charge in [-0.15, -0.1) is 0 Å². The first-order valence-corrected chi connectivity index (χ1v) is 6.04. The molecule has 0 unspecified atom stereocenters. The lowest BCUT2D eigenvalue weighted by atomic mass is 10.2. The fourth-order valence-corrected chi connectivity index (χ4v) is 2.19. The molecule has 1 aromatic carbocycles. The Hall–Kier alpha value is -2.21. The SMILES string of the molecule is Oc1cccc(F)c1-c1nc(-c2ccsc2)no1. The number of thiophene rings is 1. The molecular weight excluding hydrogens is 255 g/mol. The topological polar surface area (TPSA) is 59.2 Å². The van der Waals surface area contributed by atoms with Crippen LogP contribution in [0.1, 0.15) is 0 Å². The van der Waals surface area contributed by atoms with Crippen LogP contribution in [0.4, 0.5) is 4.39 Å². The van der Waals surface area contributed by atoms with Gasteiger partial charge >= 0.3 is 0 Å². The lowest BCUT2D eigenvalue weighted by Gasteiger charge is -1.99. The van der Waals surface area contributed by atoms with Gasteiger partial charge in [0.15, 0.2) is 0 Å². The van der Waals surface area contributed by atoms with E-state index < -0.39 is 5.82 Å². The predicted molar refractivity (Wildman–Crippen MR) is 64.7 cm³/mol. The molecule has 0 spiro atoms. The monoisotopic (exact) mass is 262 g/mol. The Bertz CT molecular complexity index is 659. The van der Waals surface area contributed by atoms with E-state index in [-0.39, 0.29) is 17.2 Å². The molecule has 0 saturated carbocycles. The van der Waals surface area contributed by atoms with Crippen LogP contribution in [-0.2, 0) is 0 Å². The summed E-state index contributed by atoms with van der Waals surface area (Å²) in [5.74, 6) is -0.494. The molecule has 0 aliphatic carbocycles. The van der Waals surface area contributed by atoms with Crippen molar-refractivity contribution in [1.29, 1.82) is 0 Å². The zero-order valence-electron chi connectivity index (χ0n) is 9.00. The van der Waals surface area contributed by atoms with E-state index in [0.717, 1.165) is 5.56 Å². The van der Waals surface area contributed by atoms with E-state index in [4.69, 9.17) is 4.52 Å². The van der Waals surface area contributed by atoms with Crippen LogP contribution in [0.5, 0.6) is 5.75 Å². The van der Waals surface area contributed by atoms with Crippen LogP contribution in [-0.4, -0.2) is 15.2 Å². The normalized spacial score (nSPS) is 10.7. The second kappa shape index (κ2) is 4.23. The summed E-state index contributed by atoms with van der Waals surface area (Å²) in [4.78, 5) is 4.07. The van der Waals surface area contributed by atoms with Gasteiger partial charge in [0.05, 0.1) is 0 Å². The Balaban J connectivity index is 2.09. The van der Waals surface area contributed by atoms with E-state index in [1.165, 1.54) is 29.5 Å². The van der Waals surface area contributed by atoms with Gasteiger partial charge in [0, 0.05) is 10.9 Å². The molecule has 0 bridgehead atoms. The predicted octanol–water partition coefficient (Wildman–Crippen LogP) is 3.31. The maximum absolute atomic E-state index is 13.6. The van der Waals surface area contributed by atoms with Crippen LogP contribution < -0.4 is 0 Å². The first-order chi connectivity index (χ1) is 8.75.